The summed E-state index contributed by atoms with van der Waals surface area (Å²) in [6.45, 7) is 11.5. The second-order valence-corrected chi connectivity index (χ2v) is 7.38. The number of methoxy groups -OCH3 is 1. The van der Waals surface area contributed by atoms with Crippen LogP contribution in [0.3, 0.4) is 0 Å². The quantitative estimate of drug-likeness (QED) is 0.442. The first-order valence-electron chi connectivity index (χ1n) is 10.3. The van der Waals surface area contributed by atoms with Crippen LogP contribution in [-0.4, -0.2) is 68.0 Å². The normalized spacial score (nSPS) is 16.4. The highest BCUT2D eigenvalue weighted by Crippen LogP contribution is 2.26. The molecule has 0 unspecified atom stereocenters. The van der Waals surface area contributed by atoms with E-state index in [1.165, 1.54) is 0 Å². The van der Waals surface area contributed by atoms with Crippen molar-refractivity contribution in [3.63, 3.8) is 0 Å². The van der Waals surface area contributed by atoms with Crippen molar-refractivity contribution in [2.24, 2.45) is 4.99 Å². The molecule has 28 heavy (non-hydrogen) atoms. The van der Waals surface area contributed by atoms with Gasteiger partial charge in [0.25, 0.3) is 0 Å². The maximum absolute atomic E-state index is 9.92. The number of phenols is 1. The maximum Gasteiger partial charge on any atom is 0.191 e. The number of guanidine groups is 1. The Hall–Kier alpha value is -1.99. The number of nitrogens with zero attached hydrogens (tertiary/aromatic N) is 2. The summed E-state index contributed by atoms with van der Waals surface area (Å²) in [4.78, 5) is 7.13. The minimum absolute atomic E-state index is 0.141. The number of nitrogens with one attached hydrogen (secondary N) is 2. The monoisotopic (exact) mass is 392 g/mol. The molecule has 1 aromatic rings. The van der Waals surface area contributed by atoms with Gasteiger partial charge in [-0.1, -0.05) is 6.07 Å². The molecule has 0 saturated carbocycles. The molecule has 1 aromatic carbocycles. The number of hydrogen-bond donors (Lipinski definition) is 3. The van der Waals surface area contributed by atoms with Gasteiger partial charge in [0.1, 0.15) is 0 Å². The van der Waals surface area contributed by atoms with Crippen LogP contribution in [-0.2, 0) is 11.3 Å². The molecule has 0 spiro atoms. The zero-order chi connectivity index (χ0) is 20.4. The van der Waals surface area contributed by atoms with E-state index in [1.807, 2.05) is 6.07 Å². The molecule has 1 aliphatic rings. The first-order valence-corrected chi connectivity index (χ1v) is 10.3. The zero-order valence-electron chi connectivity index (χ0n) is 17.7. The van der Waals surface area contributed by atoms with Crippen molar-refractivity contribution in [2.75, 3.05) is 39.9 Å². The number of hydrogen-bond acceptors (Lipinski definition) is 5. The molecular weight excluding hydrogens is 356 g/mol. The molecule has 1 fully saturated rings. The molecule has 2 rings (SSSR count). The molecule has 3 N–H and O–H groups in total. The van der Waals surface area contributed by atoms with Crippen molar-refractivity contribution in [3.8, 4) is 11.5 Å². The Labute approximate surface area is 169 Å². The smallest absolute Gasteiger partial charge is 0.191 e. The number of phenolic OH excluding ortho intramolecular Hbond substituents is 1. The van der Waals surface area contributed by atoms with Crippen LogP contribution in [0.25, 0.3) is 0 Å². The summed E-state index contributed by atoms with van der Waals surface area (Å²) in [6.07, 6.45) is 2.48. The molecular formula is C21H36N4O3. The number of likely N-dealkylation sites (tertiary alicyclic amines) is 1. The van der Waals surface area contributed by atoms with E-state index in [1.54, 1.807) is 19.2 Å². The maximum atomic E-state index is 9.92. The summed E-state index contributed by atoms with van der Waals surface area (Å²) in [5, 5.41) is 16.8. The van der Waals surface area contributed by atoms with Crippen molar-refractivity contribution in [2.45, 2.75) is 52.3 Å². The molecule has 158 valence electrons. The lowest BCUT2D eigenvalue weighted by molar-refractivity contribution is 0.0532. The first-order chi connectivity index (χ1) is 13.5. The highest BCUT2D eigenvalue weighted by molar-refractivity contribution is 5.80. The highest BCUT2D eigenvalue weighted by Gasteiger charge is 2.19. The fraction of sp³-hybridized carbons (Fsp3) is 0.667. The van der Waals surface area contributed by atoms with Crippen LogP contribution in [0.15, 0.2) is 23.2 Å². The third-order valence-corrected chi connectivity index (χ3v) is 4.79. The van der Waals surface area contributed by atoms with Crippen LogP contribution < -0.4 is 15.4 Å². The van der Waals surface area contributed by atoms with Crippen LogP contribution in [0.1, 0.15) is 39.2 Å². The van der Waals surface area contributed by atoms with E-state index in [4.69, 9.17) is 9.47 Å². The van der Waals surface area contributed by atoms with E-state index in [2.05, 4.69) is 41.3 Å². The molecule has 0 aliphatic carbocycles. The summed E-state index contributed by atoms with van der Waals surface area (Å²) in [6, 6.07) is 5.80. The van der Waals surface area contributed by atoms with Crippen LogP contribution >= 0.6 is 0 Å². The van der Waals surface area contributed by atoms with Gasteiger partial charge in [0.2, 0.25) is 0 Å². The Morgan fingerprint density at radius 2 is 2.07 bits per heavy atom. The summed E-state index contributed by atoms with van der Waals surface area (Å²) < 4.78 is 10.7. The van der Waals surface area contributed by atoms with Crippen LogP contribution in [0, 0.1) is 0 Å². The van der Waals surface area contributed by atoms with E-state index >= 15 is 0 Å². The number of ether oxygens (including phenoxy) is 2. The fourth-order valence-electron chi connectivity index (χ4n) is 3.24. The summed E-state index contributed by atoms with van der Waals surface area (Å²) in [7, 11) is 1.54. The third kappa shape index (κ3) is 7.56. The lowest BCUT2D eigenvalue weighted by atomic mass is 10.1. The summed E-state index contributed by atoms with van der Waals surface area (Å²) >= 11 is 0. The molecule has 0 bridgehead atoms. The molecule has 0 atom stereocenters. The average molecular weight is 393 g/mol. The molecule has 7 nitrogen and oxygen atoms in total. The molecule has 1 saturated heterocycles. The Kier molecular flexibility index (Phi) is 9.37. The van der Waals surface area contributed by atoms with Crippen molar-refractivity contribution in [1.82, 2.24) is 15.5 Å². The van der Waals surface area contributed by atoms with Gasteiger partial charge in [0, 0.05) is 32.2 Å². The topological polar surface area (TPSA) is 78.4 Å². The van der Waals surface area contributed by atoms with E-state index in [-0.39, 0.29) is 5.75 Å². The number of piperidine rings is 1. The fourth-order valence-corrected chi connectivity index (χ4v) is 3.24. The molecule has 0 amide bonds. The van der Waals surface area contributed by atoms with Gasteiger partial charge in [0.15, 0.2) is 17.5 Å². The van der Waals surface area contributed by atoms with Crippen LogP contribution in [0.4, 0.5) is 0 Å². The SMILES string of the molecule is CCNC(=NCc1ccc(OC)c(O)c1)NC1CCN(CCOC(C)C)CC1. The second kappa shape index (κ2) is 11.8. The number of benzene rings is 1. The van der Waals surface area contributed by atoms with E-state index in [0.717, 1.165) is 57.2 Å². The lowest BCUT2D eigenvalue weighted by Gasteiger charge is -2.33. The molecule has 0 aromatic heterocycles. The number of rotatable bonds is 9. The highest BCUT2D eigenvalue weighted by atomic mass is 16.5. The predicted octanol–water partition coefficient (Wildman–Crippen LogP) is 2.35. The van der Waals surface area contributed by atoms with Crippen LogP contribution in [0.5, 0.6) is 11.5 Å². The minimum atomic E-state index is 0.141. The van der Waals surface area contributed by atoms with Crippen molar-refractivity contribution in [3.05, 3.63) is 23.8 Å². The third-order valence-electron chi connectivity index (χ3n) is 4.79. The predicted molar refractivity (Wildman–Crippen MR) is 113 cm³/mol. The Morgan fingerprint density at radius 1 is 1.32 bits per heavy atom. The van der Waals surface area contributed by atoms with Crippen molar-refractivity contribution >= 4 is 5.96 Å². The Balaban J connectivity index is 1.82. The van der Waals surface area contributed by atoms with Gasteiger partial charge in [-0.2, -0.15) is 0 Å². The molecule has 7 heteroatoms. The van der Waals surface area contributed by atoms with E-state index in [0.29, 0.717) is 24.4 Å². The van der Waals surface area contributed by atoms with Gasteiger partial charge in [-0.05, 0) is 51.3 Å². The van der Waals surface area contributed by atoms with Gasteiger partial charge < -0.3 is 30.1 Å². The molecule has 0 radical (unpaired) electrons. The first kappa shape index (κ1) is 22.3. The van der Waals surface area contributed by atoms with Gasteiger partial charge in [-0.15, -0.1) is 0 Å². The number of aromatic hydroxyl groups is 1. The summed E-state index contributed by atoms with van der Waals surface area (Å²) in [5.74, 6) is 1.43. The van der Waals surface area contributed by atoms with Crippen LogP contribution in [0.2, 0.25) is 0 Å². The zero-order valence-corrected chi connectivity index (χ0v) is 17.7. The second-order valence-electron chi connectivity index (χ2n) is 7.38. The largest absolute Gasteiger partial charge is 0.504 e. The van der Waals surface area contributed by atoms with Gasteiger partial charge >= 0.3 is 0 Å². The standard InChI is InChI=1S/C21H36N4O3/c1-5-22-21(23-15-17-6-7-20(27-4)19(26)14-17)24-18-8-10-25(11-9-18)12-13-28-16(2)3/h6-7,14,16,18,26H,5,8-13,15H2,1-4H3,(H2,22,23,24). The van der Waals surface area contributed by atoms with E-state index in [9.17, 15) is 5.11 Å². The lowest BCUT2D eigenvalue weighted by Crippen LogP contribution is -2.49. The molecule has 1 heterocycles. The van der Waals surface area contributed by atoms with Gasteiger partial charge in [0.05, 0.1) is 26.4 Å². The van der Waals surface area contributed by atoms with Crippen molar-refractivity contribution < 1.29 is 14.6 Å². The average Bonchev–Trinajstić information content (AvgIpc) is 2.67. The van der Waals surface area contributed by atoms with Gasteiger partial charge in [-0.3, -0.25) is 0 Å². The Bertz CT molecular complexity index is 614. The Morgan fingerprint density at radius 3 is 2.68 bits per heavy atom. The van der Waals surface area contributed by atoms with Crippen molar-refractivity contribution in [1.29, 1.82) is 0 Å². The number of aliphatic imine (C=N–C) groups is 1. The molecule has 1 aliphatic heterocycles. The van der Waals surface area contributed by atoms with E-state index < -0.39 is 0 Å². The van der Waals surface area contributed by atoms with Gasteiger partial charge in [-0.25, -0.2) is 4.99 Å². The minimum Gasteiger partial charge on any atom is -0.504 e. The summed E-state index contributed by atoms with van der Waals surface area (Å²) in [5.41, 5.74) is 0.940.